The summed E-state index contributed by atoms with van der Waals surface area (Å²) < 4.78 is 10.9. The van der Waals surface area contributed by atoms with Crippen molar-refractivity contribution >= 4 is 11.8 Å². The van der Waals surface area contributed by atoms with Crippen LogP contribution >= 0.6 is 0 Å². The summed E-state index contributed by atoms with van der Waals surface area (Å²) in [7, 11) is 0. The van der Waals surface area contributed by atoms with Crippen molar-refractivity contribution in [3.63, 3.8) is 0 Å². The minimum Gasteiger partial charge on any atom is -0.469 e. The highest BCUT2D eigenvalue weighted by atomic mass is 16.5. The average Bonchev–Trinajstić information content (AvgIpc) is 3.00. The summed E-state index contributed by atoms with van der Waals surface area (Å²) in [6, 6.07) is 11.1. The number of rotatable bonds is 1. The van der Waals surface area contributed by atoms with E-state index in [1.165, 1.54) is 0 Å². The Balaban J connectivity index is 1.82. The summed E-state index contributed by atoms with van der Waals surface area (Å²) in [6.07, 6.45) is 2.31. The fourth-order valence-corrected chi connectivity index (χ4v) is 3.58. The van der Waals surface area contributed by atoms with Crippen LogP contribution in [0.4, 0.5) is 0 Å². The van der Waals surface area contributed by atoms with E-state index >= 15 is 0 Å². The summed E-state index contributed by atoms with van der Waals surface area (Å²) in [5, 5.41) is 0. The van der Waals surface area contributed by atoms with Crippen LogP contribution in [0.15, 0.2) is 47.1 Å². The number of fused-ring (bicyclic) bond motifs is 3. The maximum atomic E-state index is 12.4. The van der Waals surface area contributed by atoms with E-state index in [0.717, 1.165) is 5.56 Å². The molecule has 1 saturated carbocycles. The number of benzene rings is 1. The van der Waals surface area contributed by atoms with E-state index < -0.39 is 0 Å². The molecule has 106 valence electrons. The molecule has 0 N–H and O–H groups in total. The lowest BCUT2D eigenvalue weighted by atomic mass is 9.67. The van der Waals surface area contributed by atoms with Crippen molar-refractivity contribution in [1.29, 1.82) is 0 Å². The van der Waals surface area contributed by atoms with Crippen LogP contribution in [0, 0.1) is 5.92 Å². The van der Waals surface area contributed by atoms with Crippen LogP contribution in [0.3, 0.4) is 0 Å². The Morgan fingerprint density at radius 2 is 1.76 bits per heavy atom. The van der Waals surface area contributed by atoms with Gasteiger partial charge < -0.3 is 9.15 Å². The molecule has 4 heteroatoms. The third kappa shape index (κ3) is 1.90. The molecule has 1 aliphatic heterocycles. The normalized spacial score (nSPS) is 27.7. The number of carbonyl (C=O) groups is 2. The summed E-state index contributed by atoms with van der Waals surface area (Å²) in [4.78, 5) is 24.6. The molecule has 2 aromatic rings. The first kappa shape index (κ1) is 12.4. The summed E-state index contributed by atoms with van der Waals surface area (Å²) in [6.45, 7) is 0. The van der Waals surface area contributed by atoms with Crippen molar-refractivity contribution in [3.05, 3.63) is 54.0 Å². The van der Waals surface area contributed by atoms with Gasteiger partial charge in [-0.25, -0.2) is 0 Å². The molecular formula is C17H14O4. The van der Waals surface area contributed by atoms with Crippen LogP contribution in [0.5, 0.6) is 5.75 Å². The molecular weight excluding hydrogens is 268 g/mol. The first-order chi connectivity index (χ1) is 10.2. The predicted octanol–water partition coefficient (Wildman–Crippen LogP) is 3.05. The van der Waals surface area contributed by atoms with Crippen LogP contribution in [0.2, 0.25) is 0 Å². The first-order valence-electron chi connectivity index (χ1n) is 7.10. The van der Waals surface area contributed by atoms with Crippen molar-refractivity contribution in [3.8, 4) is 5.75 Å². The first-order valence-corrected chi connectivity index (χ1v) is 7.10. The van der Waals surface area contributed by atoms with Crippen LogP contribution in [-0.4, -0.2) is 11.8 Å². The molecule has 0 radical (unpaired) electrons. The molecule has 0 bridgehead atoms. The van der Waals surface area contributed by atoms with Gasteiger partial charge in [0.15, 0.2) is 0 Å². The van der Waals surface area contributed by atoms with Gasteiger partial charge in [0.05, 0.1) is 12.2 Å². The van der Waals surface area contributed by atoms with E-state index in [9.17, 15) is 9.59 Å². The quantitative estimate of drug-likeness (QED) is 0.596. The summed E-state index contributed by atoms with van der Waals surface area (Å²) in [5.74, 6) is 0.496. The van der Waals surface area contributed by atoms with Gasteiger partial charge in [0.1, 0.15) is 17.3 Å². The summed E-state index contributed by atoms with van der Waals surface area (Å²) >= 11 is 0. The number of esters is 1. The second-order valence-corrected chi connectivity index (χ2v) is 5.66. The second kappa shape index (κ2) is 4.58. The van der Waals surface area contributed by atoms with Gasteiger partial charge in [0.25, 0.3) is 0 Å². The Hall–Kier alpha value is -2.36. The van der Waals surface area contributed by atoms with Crippen LogP contribution in [-0.2, 0) is 9.59 Å². The molecule has 3 atom stereocenters. The third-order valence-corrected chi connectivity index (χ3v) is 4.47. The minimum absolute atomic E-state index is 0.112. The Kier molecular flexibility index (Phi) is 2.70. The van der Waals surface area contributed by atoms with Crippen molar-refractivity contribution in [2.45, 2.75) is 24.7 Å². The van der Waals surface area contributed by atoms with E-state index in [-0.39, 0.29) is 29.5 Å². The third-order valence-electron chi connectivity index (χ3n) is 4.47. The number of ketones is 1. The molecule has 4 nitrogen and oxygen atoms in total. The van der Waals surface area contributed by atoms with Gasteiger partial charge >= 0.3 is 5.97 Å². The van der Waals surface area contributed by atoms with Gasteiger partial charge in [-0.05, 0) is 23.8 Å². The highest BCUT2D eigenvalue weighted by Crippen LogP contribution is 2.50. The van der Waals surface area contributed by atoms with Gasteiger partial charge in [-0.2, -0.15) is 0 Å². The molecule has 4 rings (SSSR count). The number of carbonyl (C=O) groups excluding carboxylic acids is 2. The van der Waals surface area contributed by atoms with Crippen LogP contribution in [0.25, 0.3) is 0 Å². The Morgan fingerprint density at radius 3 is 2.57 bits per heavy atom. The standard InChI is InChI=1S/C17H14O4/c18-10-8-12-11-4-1-2-5-15(11)21-17(19)16(12)13(9-10)14-6-3-7-20-14/h1-7,12-13,16H,8-9H2. The van der Waals surface area contributed by atoms with E-state index in [1.807, 2.05) is 24.3 Å². The maximum Gasteiger partial charge on any atom is 0.315 e. The second-order valence-electron chi connectivity index (χ2n) is 5.66. The van der Waals surface area contributed by atoms with Gasteiger partial charge in [0, 0.05) is 24.7 Å². The largest absolute Gasteiger partial charge is 0.469 e. The zero-order valence-corrected chi connectivity index (χ0v) is 11.3. The van der Waals surface area contributed by atoms with E-state index in [1.54, 1.807) is 18.4 Å². The van der Waals surface area contributed by atoms with E-state index in [0.29, 0.717) is 24.4 Å². The highest BCUT2D eigenvalue weighted by Gasteiger charge is 2.48. The molecule has 1 aliphatic carbocycles. The lowest BCUT2D eigenvalue weighted by Gasteiger charge is -2.38. The molecule has 0 amide bonds. The lowest BCUT2D eigenvalue weighted by molar-refractivity contribution is -0.144. The van der Waals surface area contributed by atoms with Crippen molar-refractivity contribution in [2.75, 3.05) is 0 Å². The predicted molar refractivity (Wildman–Crippen MR) is 74.0 cm³/mol. The Labute approximate surface area is 121 Å². The monoisotopic (exact) mass is 282 g/mol. The molecule has 1 aromatic carbocycles. The van der Waals surface area contributed by atoms with Crippen LogP contribution in [0.1, 0.15) is 36.0 Å². The van der Waals surface area contributed by atoms with Crippen molar-refractivity contribution in [1.82, 2.24) is 0 Å². The van der Waals surface area contributed by atoms with Gasteiger partial charge in [-0.1, -0.05) is 18.2 Å². The average molecular weight is 282 g/mol. The molecule has 0 saturated heterocycles. The number of ether oxygens (including phenoxy) is 1. The Morgan fingerprint density at radius 1 is 0.952 bits per heavy atom. The van der Waals surface area contributed by atoms with E-state index in [2.05, 4.69) is 0 Å². The molecule has 2 heterocycles. The lowest BCUT2D eigenvalue weighted by Crippen LogP contribution is -2.40. The fraction of sp³-hybridized carbons (Fsp3) is 0.294. The van der Waals surface area contributed by atoms with Crippen molar-refractivity contribution in [2.24, 2.45) is 5.92 Å². The zero-order valence-electron chi connectivity index (χ0n) is 11.3. The van der Waals surface area contributed by atoms with Crippen molar-refractivity contribution < 1.29 is 18.7 Å². The maximum absolute atomic E-state index is 12.4. The number of hydrogen-bond acceptors (Lipinski definition) is 4. The van der Waals surface area contributed by atoms with E-state index in [4.69, 9.17) is 9.15 Å². The molecule has 3 unspecified atom stereocenters. The fourth-order valence-electron chi connectivity index (χ4n) is 3.58. The Bertz CT molecular complexity index is 701. The smallest absolute Gasteiger partial charge is 0.315 e. The topological polar surface area (TPSA) is 56.5 Å². The molecule has 21 heavy (non-hydrogen) atoms. The van der Waals surface area contributed by atoms with Gasteiger partial charge in [-0.3, -0.25) is 9.59 Å². The molecule has 0 spiro atoms. The van der Waals surface area contributed by atoms with Crippen LogP contribution < -0.4 is 4.74 Å². The zero-order chi connectivity index (χ0) is 14.4. The minimum atomic E-state index is -0.344. The van der Waals surface area contributed by atoms with Gasteiger partial charge in [0.2, 0.25) is 0 Å². The molecule has 2 aliphatic rings. The SMILES string of the molecule is O=C1CC(c2ccco2)C2C(=O)Oc3ccccc3C2C1. The molecule has 1 aromatic heterocycles. The number of Topliss-reactive ketones (excluding diaryl/α,β-unsaturated/α-hetero) is 1. The number of furan rings is 1. The number of hydrogen-bond donors (Lipinski definition) is 0. The summed E-state index contributed by atoms with van der Waals surface area (Å²) in [5.41, 5.74) is 0.951. The van der Waals surface area contributed by atoms with Gasteiger partial charge in [-0.15, -0.1) is 0 Å². The number of para-hydroxylation sites is 1. The highest BCUT2D eigenvalue weighted by molar-refractivity contribution is 5.88. The molecule has 1 fully saturated rings.